The highest BCUT2D eigenvalue weighted by atomic mass is 32.2. The van der Waals surface area contributed by atoms with E-state index in [4.69, 9.17) is 4.74 Å². The summed E-state index contributed by atoms with van der Waals surface area (Å²) in [5.74, 6) is 0.590. The molecule has 2 unspecified atom stereocenters. The van der Waals surface area contributed by atoms with Crippen molar-refractivity contribution in [3.05, 3.63) is 35.4 Å². The molecule has 2 bridgehead atoms. The number of allylic oxidation sites excluding steroid dienone is 1. The number of hydrogen-bond donors (Lipinski definition) is 0. The molecule has 0 amide bonds. The van der Waals surface area contributed by atoms with Crippen molar-refractivity contribution in [2.75, 3.05) is 7.11 Å². The molecule has 124 valence electrons. The molecule has 1 aromatic rings. The molecule has 1 aliphatic carbocycles. The molecule has 2 aliphatic heterocycles. The maximum atomic E-state index is 13.1. The van der Waals surface area contributed by atoms with Gasteiger partial charge in [0.05, 0.1) is 12.0 Å². The minimum absolute atomic E-state index is 0.146. The first kappa shape index (κ1) is 15.2. The average Bonchev–Trinajstić information content (AvgIpc) is 2.78. The number of sulfonamides is 1. The van der Waals surface area contributed by atoms with Crippen LogP contribution in [0.15, 0.2) is 40.3 Å². The van der Waals surface area contributed by atoms with Gasteiger partial charge in [-0.3, -0.25) is 0 Å². The Kier molecular flexibility index (Phi) is 3.73. The molecular formula is C18H23NO3S. The van der Waals surface area contributed by atoms with Crippen LogP contribution in [0.2, 0.25) is 0 Å². The fourth-order valence-corrected chi connectivity index (χ4v) is 6.15. The van der Waals surface area contributed by atoms with Crippen molar-refractivity contribution in [1.29, 1.82) is 0 Å². The van der Waals surface area contributed by atoms with Gasteiger partial charge < -0.3 is 4.74 Å². The van der Waals surface area contributed by atoms with Crippen LogP contribution in [0.3, 0.4) is 0 Å². The predicted molar refractivity (Wildman–Crippen MR) is 88.9 cm³/mol. The van der Waals surface area contributed by atoms with Crippen molar-refractivity contribution < 1.29 is 13.2 Å². The Morgan fingerprint density at radius 1 is 1.09 bits per heavy atom. The van der Waals surface area contributed by atoms with Crippen molar-refractivity contribution in [1.82, 2.24) is 4.31 Å². The van der Waals surface area contributed by atoms with Crippen LogP contribution in [0.5, 0.6) is 5.75 Å². The second-order valence-corrected chi connectivity index (χ2v) is 8.71. The van der Waals surface area contributed by atoms with E-state index in [1.54, 1.807) is 46.8 Å². The van der Waals surface area contributed by atoms with Crippen LogP contribution in [0.1, 0.15) is 44.9 Å². The molecule has 0 N–H and O–H groups in total. The lowest BCUT2D eigenvalue weighted by Gasteiger charge is -2.37. The van der Waals surface area contributed by atoms with Gasteiger partial charge in [-0.15, -0.1) is 0 Å². The standard InChI is InChI=1S/C18H23NO3S/c1-22-17-6-3-7-18(12-17)23(20,21)19-15-8-9-16(19)11-14(10-15)13-4-2-5-13/h3,6-7,12,15-16H,2,4-5,8-11H2,1H3. The Labute approximate surface area is 138 Å². The molecule has 1 aromatic carbocycles. The highest BCUT2D eigenvalue weighted by molar-refractivity contribution is 7.89. The average molecular weight is 333 g/mol. The zero-order valence-corrected chi connectivity index (χ0v) is 14.3. The summed E-state index contributed by atoms with van der Waals surface area (Å²) in [6.07, 6.45) is 7.63. The van der Waals surface area contributed by atoms with Crippen LogP contribution in [0.25, 0.3) is 0 Å². The summed E-state index contributed by atoms with van der Waals surface area (Å²) >= 11 is 0. The SMILES string of the molecule is COc1cccc(S(=O)(=O)N2C3CCC2CC(=C2CCC2)C3)c1. The van der Waals surface area contributed by atoms with Gasteiger partial charge in [0.15, 0.2) is 0 Å². The van der Waals surface area contributed by atoms with Crippen molar-refractivity contribution >= 4 is 10.0 Å². The van der Waals surface area contributed by atoms with Crippen LogP contribution in [-0.2, 0) is 10.0 Å². The van der Waals surface area contributed by atoms with E-state index in [9.17, 15) is 8.42 Å². The van der Waals surface area contributed by atoms with Gasteiger partial charge >= 0.3 is 0 Å². The summed E-state index contributed by atoms with van der Waals surface area (Å²) in [5.41, 5.74) is 3.17. The molecule has 0 spiro atoms. The smallest absolute Gasteiger partial charge is 0.243 e. The molecule has 23 heavy (non-hydrogen) atoms. The molecule has 4 rings (SSSR count). The molecule has 0 radical (unpaired) electrons. The summed E-state index contributed by atoms with van der Waals surface area (Å²) in [6.45, 7) is 0. The Hall–Kier alpha value is -1.33. The minimum Gasteiger partial charge on any atom is -0.497 e. The van der Waals surface area contributed by atoms with Gasteiger partial charge in [0.25, 0.3) is 0 Å². The first-order valence-corrected chi connectivity index (χ1v) is 9.91. The van der Waals surface area contributed by atoms with Crippen LogP contribution < -0.4 is 4.74 Å². The van der Waals surface area contributed by atoms with Crippen LogP contribution in [0, 0.1) is 0 Å². The molecule has 2 atom stereocenters. The monoisotopic (exact) mass is 333 g/mol. The number of rotatable bonds is 3. The van der Waals surface area contributed by atoms with E-state index in [-0.39, 0.29) is 12.1 Å². The van der Waals surface area contributed by atoms with Crippen molar-refractivity contribution in [2.45, 2.75) is 61.9 Å². The molecule has 3 fully saturated rings. The molecule has 5 heteroatoms. The van der Waals surface area contributed by atoms with E-state index in [2.05, 4.69) is 0 Å². The maximum Gasteiger partial charge on any atom is 0.243 e. The number of methoxy groups -OCH3 is 1. The van der Waals surface area contributed by atoms with Gasteiger partial charge in [-0.2, -0.15) is 4.31 Å². The molecular weight excluding hydrogens is 310 g/mol. The first-order valence-electron chi connectivity index (χ1n) is 8.47. The van der Waals surface area contributed by atoms with Gasteiger partial charge in [0.1, 0.15) is 5.75 Å². The van der Waals surface area contributed by atoms with Crippen LogP contribution in [0.4, 0.5) is 0 Å². The van der Waals surface area contributed by atoms with Crippen molar-refractivity contribution in [3.8, 4) is 5.75 Å². The number of piperidine rings is 1. The third kappa shape index (κ3) is 2.50. The molecule has 4 nitrogen and oxygen atoms in total. The second-order valence-electron chi connectivity index (χ2n) is 6.87. The number of nitrogens with zero attached hydrogens (tertiary/aromatic N) is 1. The number of hydrogen-bond acceptors (Lipinski definition) is 3. The van der Waals surface area contributed by atoms with Crippen molar-refractivity contribution in [3.63, 3.8) is 0 Å². The third-order valence-corrected chi connectivity index (χ3v) is 7.59. The Balaban J connectivity index is 1.65. The molecule has 2 heterocycles. The van der Waals surface area contributed by atoms with E-state index >= 15 is 0 Å². The zero-order chi connectivity index (χ0) is 16.0. The second kappa shape index (κ2) is 5.64. The summed E-state index contributed by atoms with van der Waals surface area (Å²) in [4.78, 5) is 0.355. The van der Waals surface area contributed by atoms with E-state index in [1.165, 1.54) is 19.3 Å². The lowest BCUT2D eigenvalue weighted by atomic mass is 9.83. The molecule has 3 aliphatic rings. The van der Waals surface area contributed by atoms with E-state index < -0.39 is 10.0 Å². The summed E-state index contributed by atoms with van der Waals surface area (Å²) in [6, 6.07) is 7.13. The highest BCUT2D eigenvalue weighted by Crippen LogP contribution is 2.45. The minimum atomic E-state index is -3.44. The quantitative estimate of drug-likeness (QED) is 0.796. The molecule has 0 aromatic heterocycles. The normalized spacial score (nSPS) is 27.9. The van der Waals surface area contributed by atoms with Gasteiger partial charge in [-0.25, -0.2) is 8.42 Å². The Morgan fingerprint density at radius 3 is 2.35 bits per heavy atom. The van der Waals surface area contributed by atoms with E-state index in [0.717, 1.165) is 25.7 Å². The van der Waals surface area contributed by atoms with Gasteiger partial charge in [-0.05, 0) is 57.1 Å². The van der Waals surface area contributed by atoms with Crippen molar-refractivity contribution in [2.24, 2.45) is 0 Å². The van der Waals surface area contributed by atoms with Crippen LogP contribution in [-0.4, -0.2) is 31.9 Å². The fourth-order valence-electron chi connectivity index (χ4n) is 4.25. The number of benzene rings is 1. The van der Waals surface area contributed by atoms with E-state index in [0.29, 0.717) is 10.6 Å². The lowest BCUT2D eigenvalue weighted by Crippen LogP contribution is -2.44. The Bertz CT molecular complexity index is 731. The topological polar surface area (TPSA) is 46.6 Å². The van der Waals surface area contributed by atoms with E-state index in [1.807, 2.05) is 0 Å². The largest absolute Gasteiger partial charge is 0.497 e. The number of fused-ring (bicyclic) bond motifs is 2. The van der Waals surface area contributed by atoms with Gasteiger partial charge in [0.2, 0.25) is 10.0 Å². The Morgan fingerprint density at radius 2 is 1.78 bits per heavy atom. The first-order chi connectivity index (χ1) is 11.1. The fraction of sp³-hybridized carbons (Fsp3) is 0.556. The lowest BCUT2D eigenvalue weighted by molar-refractivity contribution is 0.281. The predicted octanol–water partition coefficient (Wildman–Crippen LogP) is 3.49. The number of ether oxygens (including phenoxy) is 1. The summed E-state index contributed by atoms with van der Waals surface area (Å²) in [7, 11) is -1.87. The third-order valence-electron chi connectivity index (χ3n) is 5.59. The van der Waals surface area contributed by atoms with Crippen LogP contribution >= 0.6 is 0 Å². The van der Waals surface area contributed by atoms with Gasteiger partial charge in [-0.1, -0.05) is 17.2 Å². The maximum absolute atomic E-state index is 13.1. The molecule has 2 saturated heterocycles. The zero-order valence-electron chi connectivity index (χ0n) is 13.5. The van der Waals surface area contributed by atoms with Gasteiger partial charge in [0, 0.05) is 18.2 Å². The summed E-state index contributed by atoms with van der Waals surface area (Å²) < 4.78 is 33.2. The molecule has 1 saturated carbocycles. The highest BCUT2D eigenvalue weighted by Gasteiger charge is 2.46. The summed E-state index contributed by atoms with van der Waals surface area (Å²) in [5, 5.41) is 0.